The molecule has 1 heterocycles. The minimum atomic E-state index is 0.771. The molecule has 2 nitrogen and oxygen atoms in total. The van der Waals surface area contributed by atoms with Crippen LogP contribution in [0.2, 0.25) is 0 Å². The average Bonchev–Trinajstić information content (AvgIpc) is 2.67. The second-order valence-corrected chi connectivity index (χ2v) is 3.91. The van der Waals surface area contributed by atoms with E-state index in [1.165, 1.54) is 5.39 Å². The second-order valence-electron chi connectivity index (χ2n) is 3.91. The molecule has 0 aliphatic heterocycles. The number of nitrogen functional groups attached to an aromatic ring is 1. The van der Waals surface area contributed by atoms with Gasteiger partial charge in [-0.05, 0) is 18.2 Å². The number of hydrogen-bond acceptors (Lipinski definition) is 1. The van der Waals surface area contributed by atoms with Crippen molar-refractivity contribution in [3.8, 4) is 0 Å². The van der Waals surface area contributed by atoms with Crippen LogP contribution < -0.4 is 5.73 Å². The fraction of sp³-hybridized carbons (Fsp3) is 0. The third kappa shape index (κ3) is 1.13. The topological polar surface area (TPSA) is 41.8 Å². The van der Waals surface area contributed by atoms with Crippen LogP contribution in [0.15, 0.2) is 43.0 Å². The van der Waals surface area contributed by atoms with Crippen LogP contribution in [0, 0.1) is 0 Å². The third-order valence-electron chi connectivity index (χ3n) is 2.89. The van der Waals surface area contributed by atoms with E-state index in [9.17, 15) is 0 Å². The van der Waals surface area contributed by atoms with Crippen LogP contribution in [0.4, 0.5) is 5.69 Å². The number of nitrogens with one attached hydrogen (secondary N) is 1. The molecular weight excluding hydrogens is 196 g/mol. The minimum Gasteiger partial charge on any atom is -0.399 e. The first kappa shape index (κ1) is 9.04. The number of aromatic nitrogens is 1. The molecule has 0 unspecified atom stereocenters. The van der Waals surface area contributed by atoms with Gasteiger partial charge in [0.05, 0.1) is 5.52 Å². The molecular formula is C14H12N2. The smallest absolute Gasteiger partial charge is 0.0539 e. The number of H-pyrrole nitrogens is 1. The van der Waals surface area contributed by atoms with Crippen molar-refractivity contribution in [3.63, 3.8) is 0 Å². The number of para-hydroxylation sites is 1. The van der Waals surface area contributed by atoms with Crippen LogP contribution in [0.3, 0.4) is 0 Å². The van der Waals surface area contributed by atoms with Crippen molar-refractivity contribution in [1.29, 1.82) is 0 Å². The lowest BCUT2D eigenvalue weighted by Gasteiger charge is -1.99. The third-order valence-corrected chi connectivity index (χ3v) is 2.89. The van der Waals surface area contributed by atoms with Gasteiger partial charge in [-0.15, -0.1) is 0 Å². The van der Waals surface area contributed by atoms with Crippen LogP contribution in [0.25, 0.3) is 27.9 Å². The van der Waals surface area contributed by atoms with Gasteiger partial charge in [0, 0.05) is 27.5 Å². The van der Waals surface area contributed by atoms with Crippen molar-refractivity contribution in [2.75, 3.05) is 5.73 Å². The Balaban J connectivity index is 2.59. The van der Waals surface area contributed by atoms with Gasteiger partial charge < -0.3 is 10.7 Å². The highest BCUT2D eigenvalue weighted by atomic mass is 14.7. The van der Waals surface area contributed by atoms with E-state index in [1.54, 1.807) is 0 Å². The molecule has 0 saturated carbocycles. The van der Waals surface area contributed by atoms with E-state index in [4.69, 9.17) is 5.73 Å². The Morgan fingerprint density at radius 2 is 1.94 bits per heavy atom. The summed E-state index contributed by atoms with van der Waals surface area (Å²) in [4.78, 5) is 3.40. The maximum atomic E-state index is 5.89. The Labute approximate surface area is 93.4 Å². The molecule has 0 radical (unpaired) electrons. The Morgan fingerprint density at radius 1 is 1.12 bits per heavy atom. The summed E-state index contributed by atoms with van der Waals surface area (Å²) in [6.45, 7) is 3.82. The SMILES string of the molecule is C=Cc1cc(N)cc2c1[nH]c1ccccc12. The Hall–Kier alpha value is -2.22. The molecule has 1 aromatic heterocycles. The standard InChI is InChI=1S/C14H12N2/c1-2-9-7-10(15)8-12-11-5-3-4-6-13(11)16-14(9)12/h2-8,16H,1,15H2. The molecule has 3 N–H and O–H groups in total. The lowest BCUT2D eigenvalue weighted by atomic mass is 10.1. The summed E-state index contributed by atoms with van der Waals surface area (Å²) in [6.07, 6.45) is 1.83. The van der Waals surface area contributed by atoms with Gasteiger partial charge in [-0.3, -0.25) is 0 Å². The van der Waals surface area contributed by atoms with Crippen molar-refractivity contribution in [3.05, 3.63) is 48.5 Å². The van der Waals surface area contributed by atoms with E-state index in [0.717, 1.165) is 27.7 Å². The summed E-state index contributed by atoms with van der Waals surface area (Å²) in [6, 6.07) is 12.2. The summed E-state index contributed by atoms with van der Waals surface area (Å²) in [7, 11) is 0. The summed E-state index contributed by atoms with van der Waals surface area (Å²) in [5.74, 6) is 0. The quantitative estimate of drug-likeness (QED) is 0.590. The molecule has 3 rings (SSSR count). The van der Waals surface area contributed by atoms with Crippen molar-refractivity contribution >= 4 is 33.6 Å². The number of benzene rings is 2. The van der Waals surface area contributed by atoms with E-state index in [2.05, 4.69) is 23.7 Å². The second kappa shape index (κ2) is 3.14. The molecule has 2 aromatic carbocycles. The van der Waals surface area contributed by atoms with Crippen molar-refractivity contribution in [2.45, 2.75) is 0 Å². The highest BCUT2D eigenvalue weighted by molar-refractivity contribution is 6.10. The van der Waals surface area contributed by atoms with Crippen molar-refractivity contribution in [1.82, 2.24) is 4.98 Å². The molecule has 0 spiro atoms. The molecule has 0 atom stereocenters. The largest absolute Gasteiger partial charge is 0.399 e. The van der Waals surface area contributed by atoms with Gasteiger partial charge in [0.2, 0.25) is 0 Å². The summed E-state index contributed by atoms with van der Waals surface area (Å²) < 4.78 is 0. The number of anilines is 1. The van der Waals surface area contributed by atoms with E-state index in [-0.39, 0.29) is 0 Å². The van der Waals surface area contributed by atoms with Crippen molar-refractivity contribution < 1.29 is 0 Å². The first-order chi connectivity index (χ1) is 7.79. The summed E-state index contributed by atoms with van der Waals surface area (Å²) in [5.41, 5.74) is 9.94. The van der Waals surface area contributed by atoms with Gasteiger partial charge in [-0.25, -0.2) is 0 Å². The zero-order valence-electron chi connectivity index (χ0n) is 8.83. The maximum absolute atomic E-state index is 5.89. The molecule has 0 amide bonds. The molecule has 78 valence electrons. The van der Waals surface area contributed by atoms with Crippen LogP contribution in [0.5, 0.6) is 0 Å². The van der Waals surface area contributed by atoms with Gasteiger partial charge in [0.1, 0.15) is 0 Å². The average molecular weight is 208 g/mol. The lowest BCUT2D eigenvalue weighted by molar-refractivity contribution is 1.53. The molecule has 0 saturated heterocycles. The normalized spacial score (nSPS) is 11.0. The number of hydrogen-bond donors (Lipinski definition) is 2. The van der Waals surface area contributed by atoms with E-state index >= 15 is 0 Å². The van der Waals surface area contributed by atoms with Crippen LogP contribution in [-0.4, -0.2) is 4.98 Å². The van der Waals surface area contributed by atoms with E-state index in [1.807, 2.05) is 30.3 Å². The van der Waals surface area contributed by atoms with Gasteiger partial charge in [0.15, 0.2) is 0 Å². The van der Waals surface area contributed by atoms with Gasteiger partial charge >= 0.3 is 0 Å². The predicted molar refractivity (Wildman–Crippen MR) is 70.3 cm³/mol. The predicted octanol–water partition coefficient (Wildman–Crippen LogP) is 3.55. The first-order valence-electron chi connectivity index (χ1n) is 5.22. The minimum absolute atomic E-state index is 0.771. The first-order valence-corrected chi connectivity index (χ1v) is 5.22. The fourth-order valence-corrected chi connectivity index (χ4v) is 2.16. The maximum Gasteiger partial charge on any atom is 0.0539 e. The summed E-state index contributed by atoms with van der Waals surface area (Å²) >= 11 is 0. The summed E-state index contributed by atoms with van der Waals surface area (Å²) in [5, 5.41) is 2.36. The van der Waals surface area contributed by atoms with Gasteiger partial charge in [-0.2, -0.15) is 0 Å². The molecule has 2 heteroatoms. The molecule has 0 aliphatic rings. The molecule has 0 bridgehead atoms. The Morgan fingerprint density at radius 3 is 2.75 bits per heavy atom. The molecule has 0 fully saturated rings. The number of nitrogens with two attached hydrogens (primary N) is 1. The Kier molecular flexibility index (Phi) is 1.77. The van der Waals surface area contributed by atoms with E-state index < -0.39 is 0 Å². The monoisotopic (exact) mass is 208 g/mol. The lowest BCUT2D eigenvalue weighted by Crippen LogP contribution is -1.86. The van der Waals surface area contributed by atoms with Crippen LogP contribution in [0.1, 0.15) is 5.56 Å². The number of rotatable bonds is 1. The highest BCUT2D eigenvalue weighted by Crippen LogP contribution is 2.30. The number of aromatic amines is 1. The Bertz CT molecular complexity index is 692. The van der Waals surface area contributed by atoms with Crippen LogP contribution >= 0.6 is 0 Å². The van der Waals surface area contributed by atoms with Gasteiger partial charge in [-0.1, -0.05) is 30.9 Å². The van der Waals surface area contributed by atoms with Gasteiger partial charge in [0.25, 0.3) is 0 Å². The van der Waals surface area contributed by atoms with Crippen LogP contribution in [-0.2, 0) is 0 Å². The molecule has 3 aromatic rings. The number of fused-ring (bicyclic) bond motifs is 3. The van der Waals surface area contributed by atoms with E-state index in [0.29, 0.717) is 0 Å². The zero-order valence-corrected chi connectivity index (χ0v) is 8.83. The molecule has 0 aliphatic carbocycles. The molecule has 16 heavy (non-hydrogen) atoms. The fourth-order valence-electron chi connectivity index (χ4n) is 2.16. The highest BCUT2D eigenvalue weighted by Gasteiger charge is 2.06. The zero-order chi connectivity index (χ0) is 11.1. The van der Waals surface area contributed by atoms with Crippen molar-refractivity contribution in [2.24, 2.45) is 0 Å².